The Hall–Kier alpha value is -2.23. The summed E-state index contributed by atoms with van der Waals surface area (Å²) in [7, 11) is 0. The summed E-state index contributed by atoms with van der Waals surface area (Å²) in [5.74, 6) is -1.57. The number of halogens is 2. The highest BCUT2D eigenvalue weighted by atomic mass is 19.1. The zero-order valence-electron chi connectivity index (χ0n) is 10.6. The molecule has 2 nitrogen and oxygen atoms in total. The molecule has 0 aliphatic heterocycles. The highest BCUT2D eigenvalue weighted by Crippen LogP contribution is 2.47. The highest BCUT2D eigenvalue weighted by Gasteiger charge is 2.43. The minimum absolute atomic E-state index is 0.0233. The van der Waals surface area contributed by atoms with Crippen LogP contribution in [0.1, 0.15) is 17.9 Å². The van der Waals surface area contributed by atoms with Gasteiger partial charge in [-0.2, -0.15) is 0 Å². The third-order valence-electron chi connectivity index (χ3n) is 3.54. The average Bonchev–Trinajstić information content (AvgIpc) is 3.23. The van der Waals surface area contributed by atoms with Gasteiger partial charge >= 0.3 is 0 Å². The zero-order valence-corrected chi connectivity index (χ0v) is 10.6. The molecule has 0 aromatic heterocycles. The first-order valence-corrected chi connectivity index (χ1v) is 6.46. The molecular weight excluding hydrogens is 260 g/mol. The monoisotopic (exact) mass is 273 g/mol. The smallest absolute Gasteiger partial charge is 0.228 e. The fourth-order valence-electron chi connectivity index (χ4n) is 2.37. The lowest BCUT2D eigenvalue weighted by atomic mass is 10.1. The Labute approximate surface area is 115 Å². The molecule has 0 unspecified atom stereocenters. The van der Waals surface area contributed by atoms with Crippen molar-refractivity contribution in [2.24, 2.45) is 5.92 Å². The van der Waals surface area contributed by atoms with Crippen LogP contribution in [0.15, 0.2) is 48.5 Å². The maximum absolute atomic E-state index is 13.5. The quantitative estimate of drug-likeness (QED) is 0.907. The SMILES string of the molecule is O=C(Nc1ccc(F)cc1F)[C@H]1C[C@@H]1c1ccccc1. The lowest BCUT2D eigenvalue weighted by molar-refractivity contribution is -0.117. The van der Waals surface area contributed by atoms with Gasteiger partial charge in [0.05, 0.1) is 5.69 Å². The molecule has 3 rings (SSSR count). The van der Waals surface area contributed by atoms with E-state index in [0.717, 1.165) is 24.1 Å². The largest absolute Gasteiger partial charge is 0.323 e. The number of rotatable bonds is 3. The van der Waals surface area contributed by atoms with Gasteiger partial charge in [0.1, 0.15) is 11.6 Å². The zero-order chi connectivity index (χ0) is 14.1. The first-order valence-electron chi connectivity index (χ1n) is 6.46. The van der Waals surface area contributed by atoms with Gasteiger partial charge in [-0.15, -0.1) is 0 Å². The Morgan fingerprint density at radius 2 is 1.85 bits per heavy atom. The van der Waals surface area contributed by atoms with Crippen LogP contribution < -0.4 is 5.32 Å². The van der Waals surface area contributed by atoms with Gasteiger partial charge in [0.25, 0.3) is 0 Å². The fourth-order valence-corrected chi connectivity index (χ4v) is 2.37. The van der Waals surface area contributed by atoms with E-state index in [4.69, 9.17) is 0 Å². The molecule has 1 amide bonds. The van der Waals surface area contributed by atoms with Crippen molar-refractivity contribution < 1.29 is 13.6 Å². The molecule has 0 heterocycles. The van der Waals surface area contributed by atoms with Crippen molar-refractivity contribution in [3.8, 4) is 0 Å². The van der Waals surface area contributed by atoms with E-state index in [9.17, 15) is 13.6 Å². The first-order chi connectivity index (χ1) is 9.65. The number of carbonyl (C=O) groups is 1. The number of hydrogen-bond acceptors (Lipinski definition) is 1. The molecule has 2 aromatic rings. The summed E-state index contributed by atoms with van der Waals surface area (Å²) in [5, 5.41) is 2.52. The Kier molecular flexibility index (Phi) is 3.22. The number of nitrogens with one attached hydrogen (secondary N) is 1. The molecule has 1 saturated carbocycles. The summed E-state index contributed by atoms with van der Waals surface area (Å²) in [6.45, 7) is 0. The summed E-state index contributed by atoms with van der Waals surface area (Å²) >= 11 is 0. The molecule has 2 atom stereocenters. The van der Waals surface area contributed by atoms with Crippen molar-refractivity contribution in [2.75, 3.05) is 5.32 Å². The van der Waals surface area contributed by atoms with E-state index in [1.807, 2.05) is 30.3 Å². The molecule has 0 radical (unpaired) electrons. The van der Waals surface area contributed by atoms with Crippen LogP contribution in [0.3, 0.4) is 0 Å². The van der Waals surface area contributed by atoms with Crippen LogP contribution >= 0.6 is 0 Å². The molecule has 0 spiro atoms. The van der Waals surface area contributed by atoms with E-state index >= 15 is 0 Å². The highest BCUT2D eigenvalue weighted by molar-refractivity contribution is 5.95. The first kappa shape index (κ1) is 12.8. The van der Waals surface area contributed by atoms with Gasteiger partial charge in [0, 0.05) is 12.0 Å². The molecule has 1 aliphatic carbocycles. The lowest BCUT2D eigenvalue weighted by Gasteiger charge is -2.06. The van der Waals surface area contributed by atoms with Crippen LogP contribution in [-0.2, 0) is 4.79 Å². The maximum Gasteiger partial charge on any atom is 0.228 e. The predicted molar refractivity (Wildman–Crippen MR) is 72.3 cm³/mol. The molecule has 0 saturated heterocycles. The molecular formula is C16H13F2NO. The normalized spacial score (nSPS) is 20.5. The molecule has 2 aromatic carbocycles. The summed E-state index contributed by atoms with van der Waals surface area (Å²) < 4.78 is 26.2. The van der Waals surface area contributed by atoms with E-state index in [0.29, 0.717) is 0 Å². The Balaban J connectivity index is 1.67. The van der Waals surface area contributed by atoms with Gasteiger partial charge in [-0.05, 0) is 30.0 Å². The van der Waals surface area contributed by atoms with Crippen molar-refractivity contribution in [1.29, 1.82) is 0 Å². The third kappa shape index (κ3) is 2.54. The number of hydrogen-bond donors (Lipinski definition) is 1. The average molecular weight is 273 g/mol. The topological polar surface area (TPSA) is 29.1 Å². The summed E-state index contributed by atoms with van der Waals surface area (Å²) in [6, 6.07) is 12.9. The molecule has 1 fully saturated rings. The van der Waals surface area contributed by atoms with E-state index < -0.39 is 11.6 Å². The van der Waals surface area contributed by atoms with Crippen molar-refractivity contribution in [3.63, 3.8) is 0 Å². The van der Waals surface area contributed by atoms with Gasteiger partial charge < -0.3 is 5.32 Å². The number of amides is 1. The van der Waals surface area contributed by atoms with Crippen molar-refractivity contribution in [1.82, 2.24) is 0 Å². The van der Waals surface area contributed by atoms with Crippen molar-refractivity contribution in [3.05, 3.63) is 65.7 Å². The molecule has 20 heavy (non-hydrogen) atoms. The van der Waals surface area contributed by atoms with Gasteiger partial charge in [0.15, 0.2) is 0 Å². The molecule has 4 heteroatoms. The van der Waals surface area contributed by atoms with Crippen LogP contribution in [0.25, 0.3) is 0 Å². The standard InChI is InChI=1S/C16H13F2NO/c17-11-6-7-15(14(18)8-11)19-16(20)13-9-12(13)10-4-2-1-3-5-10/h1-8,12-13H,9H2,(H,19,20)/t12-,13+/m1/s1. The van der Waals surface area contributed by atoms with Crippen molar-refractivity contribution >= 4 is 11.6 Å². The summed E-state index contributed by atoms with van der Waals surface area (Å²) in [6.07, 6.45) is 0.763. The van der Waals surface area contributed by atoms with E-state index in [2.05, 4.69) is 5.32 Å². The van der Waals surface area contributed by atoms with Gasteiger partial charge in [0.2, 0.25) is 5.91 Å². The second kappa shape index (κ2) is 5.04. The minimum atomic E-state index is -0.754. The second-order valence-corrected chi connectivity index (χ2v) is 4.97. The van der Waals surface area contributed by atoms with Crippen LogP contribution in [0.2, 0.25) is 0 Å². The number of anilines is 1. The third-order valence-corrected chi connectivity index (χ3v) is 3.54. The Morgan fingerprint density at radius 3 is 2.55 bits per heavy atom. The van der Waals surface area contributed by atoms with E-state index in [1.165, 1.54) is 6.07 Å². The molecule has 1 N–H and O–H groups in total. The van der Waals surface area contributed by atoms with Gasteiger partial charge in [-0.1, -0.05) is 30.3 Å². The molecule has 102 valence electrons. The Bertz CT molecular complexity index is 642. The lowest BCUT2D eigenvalue weighted by Crippen LogP contribution is -2.15. The van der Waals surface area contributed by atoms with Crippen LogP contribution in [0, 0.1) is 17.6 Å². The summed E-state index contributed by atoms with van der Waals surface area (Å²) in [4.78, 5) is 12.0. The van der Waals surface area contributed by atoms with Gasteiger partial charge in [-0.25, -0.2) is 8.78 Å². The van der Waals surface area contributed by atoms with Crippen LogP contribution in [-0.4, -0.2) is 5.91 Å². The predicted octanol–water partition coefficient (Wildman–Crippen LogP) is 3.71. The van der Waals surface area contributed by atoms with Crippen LogP contribution in [0.4, 0.5) is 14.5 Å². The van der Waals surface area contributed by atoms with E-state index in [1.54, 1.807) is 0 Å². The maximum atomic E-state index is 13.5. The minimum Gasteiger partial charge on any atom is -0.323 e. The molecule has 0 bridgehead atoms. The van der Waals surface area contributed by atoms with E-state index in [-0.39, 0.29) is 23.4 Å². The Morgan fingerprint density at radius 1 is 1.10 bits per heavy atom. The second-order valence-electron chi connectivity index (χ2n) is 4.97. The number of benzene rings is 2. The van der Waals surface area contributed by atoms with Crippen molar-refractivity contribution in [2.45, 2.75) is 12.3 Å². The summed E-state index contributed by atoms with van der Waals surface area (Å²) in [5.41, 5.74) is 1.14. The fraction of sp³-hybridized carbons (Fsp3) is 0.188. The van der Waals surface area contributed by atoms with Gasteiger partial charge in [-0.3, -0.25) is 4.79 Å². The van der Waals surface area contributed by atoms with Crippen LogP contribution in [0.5, 0.6) is 0 Å². The number of carbonyl (C=O) groups excluding carboxylic acids is 1. The molecule has 1 aliphatic rings.